The molecule has 150 valence electrons. The second-order valence-electron chi connectivity index (χ2n) is 7.21. The van der Waals surface area contributed by atoms with Crippen LogP contribution in [0, 0.1) is 27.7 Å². The van der Waals surface area contributed by atoms with E-state index in [1.807, 2.05) is 12.1 Å². The molecule has 3 rings (SSSR count). The summed E-state index contributed by atoms with van der Waals surface area (Å²) < 4.78 is 2.20. The maximum Gasteiger partial charge on any atom is 0.250 e. The Morgan fingerprint density at radius 3 is 2.62 bits per heavy atom. The van der Waals surface area contributed by atoms with Crippen molar-refractivity contribution >= 4 is 23.9 Å². The maximum atomic E-state index is 12.1. The first-order chi connectivity index (χ1) is 14.0. The number of amides is 1. The third kappa shape index (κ3) is 5.39. The van der Waals surface area contributed by atoms with Gasteiger partial charge in [-0.2, -0.15) is 5.10 Å². The van der Waals surface area contributed by atoms with Gasteiger partial charge in [-0.25, -0.2) is 5.43 Å². The molecule has 0 bridgehead atoms. The van der Waals surface area contributed by atoms with E-state index in [1.54, 1.807) is 18.0 Å². The van der Waals surface area contributed by atoms with E-state index >= 15 is 0 Å². The molecule has 0 aliphatic heterocycles. The van der Waals surface area contributed by atoms with E-state index in [9.17, 15) is 4.79 Å². The lowest BCUT2D eigenvalue weighted by Gasteiger charge is -2.10. The Bertz CT molecular complexity index is 1040. The number of carbonyl (C=O) groups excluding carboxylic acids is 1. The molecule has 0 fully saturated rings. The molecule has 0 saturated heterocycles. The molecular formula is C24H27N3OS. The van der Waals surface area contributed by atoms with Gasteiger partial charge in [0.2, 0.25) is 5.91 Å². The summed E-state index contributed by atoms with van der Waals surface area (Å²) in [5.74, 6) is 1.11. The number of carbonyl (C=O) groups is 1. The van der Waals surface area contributed by atoms with Crippen molar-refractivity contribution in [1.82, 2.24) is 9.99 Å². The smallest absolute Gasteiger partial charge is 0.250 e. The molecule has 0 unspecified atom stereocenters. The minimum Gasteiger partial charge on any atom is -0.318 e. The van der Waals surface area contributed by atoms with Crippen LogP contribution in [0.4, 0.5) is 0 Å². The number of benzene rings is 2. The van der Waals surface area contributed by atoms with Gasteiger partial charge in [0.25, 0.3) is 0 Å². The van der Waals surface area contributed by atoms with E-state index in [1.165, 1.54) is 16.7 Å². The second-order valence-corrected chi connectivity index (χ2v) is 8.20. The number of rotatable bonds is 7. The normalized spacial score (nSPS) is 11.2. The van der Waals surface area contributed by atoms with Gasteiger partial charge < -0.3 is 4.57 Å². The summed E-state index contributed by atoms with van der Waals surface area (Å²) in [6.07, 6.45) is 1.72. The van der Waals surface area contributed by atoms with Crippen molar-refractivity contribution in [2.45, 2.75) is 33.4 Å². The lowest BCUT2D eigenvalue weighted by atomic mass is 10.1. The highest BCUT2D eigenvalue weighted by Crippen LogP contribution is 2.20. The molecule has 0 radical (unpaired) electrons. The zero-order valence-corrected chi connectivity index (χ0v) is 18.2. The van der Waals surface area contributed by atoms with Crippen LogP contribution in [-0.4, -0.2) is 22.4 Å². The van der Waals surface area contributed by atoms with Crippen LogP contribution < -0.4 is 5.43 Å². The summed E-state index contributed by atoms with van der Waals surface area (Å²) >= 11 is 1.59. The maximum absolute atomic E-state index is 12.1. The highest BCUT2D eigenvalue weighted by atomic mass is 32.2. The van der Waals surface area contributed by atoms with Crippen LogP contribution in [-0.2, 0) is 10.5 Å². The average molecular weight is 406 g/mol. The van der Waals surface area contributed by atoms with Crippen molar-refractivity contribution in [2.75, 3.05) is 5.75 Å². The Kier molecular flexibility index (Phi) is 6.94. The number of hydrogen-bond donors (Lipinski definition) is 1. The quantitative estimate of drug-likeness (QED) is 0.439. The summed E-state index contributed by atoms with van der Waals surface area (Å²) in [5.41, 5.74) is 10.7. The van der Waals surface area contributed by atoms with E-state index in [0.717, 1.165) is 28.4 Å². The van der Waals surface area contributed by atoms with Crippen LogP contribution in [0.5, 0.6) is 0 Å². The fourth-order valence-electron chi connectivity index (χ4n) is 3.31. The SMILES string of the molecule is Cc1cccc(-n2c(C)cc(/C=N\NC(=O)CSCc3ccccc3C)c2C)c1. The van der Waals surface area contributed by atoms with E-state index in [-0.39, 0.29) is 5.91 Å². The largest absolute Gasteiger partial charge is 0.318 e. The van der Waals surface area contributed by atoms with Gasteiger partial charge in [-0.05, 0) is 62.6 Å². The van der Waals surface area contributed by atoms with Crippen LogP contribution in [0.15, 0.2) is 59.7 Å². The van der Waals surface area contributed by atoms with E-state index < -0.39 is 0 Å². The lowest BCUT2D eigenvalue weighted by molar-refractivity contribution is -0.118. The average Bonchev–Trinajstić information content (AvgIpc) is 2.97. The molecule has 0 atom stereocenters. The number of aromatic nitrogens is 1. The summed E-state index contributed by atoms with van der Waals surface area (Å²) in [6, 6.07) is 18.7. The molecule has 1 heterocycles. The van der Waals surface area contributed by atoms with Crippen LogP contribution >= 0.6 is 11.8 Å². The van der Waals surface area contributed by atoms with Crippen molar-refractivity contribution in [2.24, 2.45) is 5.10 Å². The Labute approximate surface area is 177 Å². The Morgan fingerprint density at radius 2 is 1.86 bits per heavy atom. The molecule has 5 heteroatoms. The topological polar surface area (TPSA) is 46.4 Å². The summed E-state index contributed by atoms with van der Waals surface area (Å²) in [7, 11) is 0. The highest BCUT2D eigenvalue weighted by molar-refractivity contribution is 7.99. The standard InChI is InChI=1S/C24H27N3OS/c1-17-8-7-11-23(12-17)27-19(3)13-22(20(27)4)14-25-26-24(28)16-29-15-21-10-6-5-9-18(21)2/h5-14H,15-16H2,1-4H3,(H,26,28)/b25-14-. The number of nitrogens with one attached hydrogen (secondary N) is 1. The van der Waals surface area contributed by atoms with Crippen molar-refractivity contribution < 1.29 is 4.79 Å². The van der Waals surface area contributed by atoms with Gasteiger partial charge in [-0.3, -0.25) is 4.79 Å². The van der Waals surface area contributed by atoms with Crippen molar-refractivity contribution in [3.05, 3.63) is 88.2 Å². The number of hydrogen-bond acceptors (Lipinski definition) is 3. The molecule has 29 heavy (non-hydrogen) atoms. The van der Waals surface area contributed by atoms with Crippen LogP contribution in [0.3, 0.4) is 0 Å². The number of hydrazone groups is 1. The first-order valence-corrected chi connectivity index (χ1v) is 10.8. The molecule has 1 amide bonds. The zero-order chi connectivity index (χ0) is 20.8. The third-order valence-electron chi connectivity index (χ3n) is 4.87. The van der Waals surface area contributed by atoms with Gasteiger partial charge in [0.15, 0.2) is 0 Å². The summed E-state index contributed by atoms with van der Waals surface area (Å²) in [6.45, 7) is 8.32. The molecular weight excluding hydrogens is 378 g/mol. The van der Waals surface area contributed by atoms with Gasteiger partial charge in [0.05, 0.1) is 12.0 Å². The first-order valence-electron chi connectivity index (χ1n) is 9.66. The fraction of sp³-hybridized carbons (Fsp3) is 0.250. The second kappa shape index (κ2) is 9.61. The van der Waals surface area contributed by atoms with E-state index in [0.29, 0.717) is 5.75 Å². The first kappa shape index (κ1) is 20.9. The van der Waals surface area contributed by atoms with Gasteiger partial charge >= 0.3 is 0 Å². The van der Waals surface area contributed by atoms with E-state index in [2.05, 4.69) is 85.3 Å². The van der Waals surface area contributed by atoms with Crippen molar-refractivity contribution in [1.29, 1.82) is 0 Å². The molecule has 3 aromatic rings. The van der Waals surface area contributed by atoms with Gasteiger partial charge in [-0.1, -0.05) is 36.4 Å². The predicted octanol–water partition coefficient (Wildman–Crippen LogP) is 5.09. The minimum absolute atomic E-state index is 0.0904. The van der Waals surface area contributed by atoms with Crippen molar-refractivity contribution in [3.8, 4) is 5.69 Å². The number of aryl methyl sites for hydroxylation is 3. The summed E-state index contributed by atoms with van der Waals surface area (Å²) in [4.78, 5) is 12.1. The van der Waals surface area contributed by atoms with Crippen LogP contribution in [0.1, 0.15) is 33.6 Å². The monoisotopic (exact) mass is 405 g/mol. The number of nitrogens with zero attached hydrogens (tertiary/aromatic N) is 2. The van der Waals surface area contributed by atoms with Crippen LogP contribution in [0.2, 0.25) is 0 Å². The third-order valence-corrected chi connectivity index (χ3v) is 5.86. The Balaban J connectivity index is 1.57. The predicted molar refractivity (Wildman–Crippen MR) is 123 cm³/mol. The molecule has 0 aliphatic carbocycles. The fourth-order valence-corrected chi connectivity index (χ4v) is 4.21. The molecule has 0 spiro atoms. The van der Waals surface area contributed by atoms with Gasteiger partial charge in [0.1, 0.15) is 0 Å². The zero-order valence-electron chi connectivity index (χ0n) is 17.4. The van der Waals surface area contributed by atoms with Gasteiger partial charge in [0, 0.05) is 28.4 Å². The minimum atomic E-state index is -0.0904. The molecule has 0 saturated carbocycles. The lowest BCUT2D eigenvalue weighted by Crippen LogP contribution is -2.19. The molecule has 0 aliphatic rings. The summed E-state index contributed by atoms with van der Waals surface area (Å²) in [5, 5.41) is 4.16. The molecule has 4 nitrogen and oxygen atoms in total. The Hall–Kier alpha value is -2.79. The molecule has 1 N–H and O–H groups in total. The van der Waals surface area contributed by atoms with Gasteiger partial charge in [-0.15, -0.1) is 11.8 Å². The Morgan fingerprint density at radius 1 is 1.07 bits per heavy atom. The number of thioether (sulfide) groups is 1. The molecule has 2 aromatic carbocycles. The van der Waals surface area contributed by atoms with Crippen molar-refractivity contribution in [3.63, 3.8) is 0 Å². The van der Waals surface area contributed by atoms with Crippen LogP contribution in [0.25, 0.3) is 5.69 Å². The highest BCUT2D eigenvalue weighted by Gasteiger charge is 2.09. The van der Waals surface area contributed by atoms with E-state index in [4.69, 9.17) is 0 Å². The molecule has 1 aromatic heterocycles.